The van der Waals surface area contributed by atoms with Gasteiger partial charge in [0.05, 0.1) is 18.1 Å². The van der Waals surface area contributed by atoms with E-state index in [-0.39, 0.29) is 5.91 Å². The van der Waals surface area contributed by atoms with Crippen molar-refractivity contribution in [3.8, 4) is 0 Å². The molecule has 1 fully saturated rings. The number of hydrogen-bond acceptors (Lipinski definition) is 6. The van der Waals surface area contributed by atoms with Crippen LogP contribution in [0.1, 0.15) is 25.3 Å². The number of nitrogens with zero attached hydrogens (tertiary/aromatic N) is 6. The molecule has 152 valence electrons. The molecular weight excluding hydrogens is 366 g/mol. The lowest BCUT2D eigenvalue weighted by atomic mass is 10.0. The van der Waals surface area contributed by atoms with Crippen molar-refractivity contribution in [2.75, 3.05) is 42.9 Å². The van der Waals surface area contributed by atoms with Crippen molar-refractivity contribution in [3.05, 3.63) is 42.4 Å². The van der Waals surface area contributed by atoms with Gasteiger partial charge in [-0.2, -0.15) is 5.10 Å². The van der Waals surface area contributed by atoms with Crippen LogP contribution >= 0.6 is 0 Å². The molecule has 0 saturated carbocycles. The average Bonchev–Trinajstić information content (AvgIpc) is 3.10. The highest BCUT2D eigenvalue weighted by Gasteiger charge is 2.22. The molecule has 0 aliphatic carbocycles. The fraction of sp³-hybridized carbons (Fsp3) is 0.429. The number of nitrogens with one attached hydrogen (secondary N) is 1. The smallest absolute Gasteiger partial charge is 0.238 e. The van der Waals surface area contributed by atoms with Gasteiger partial charge in [0, 0.05) is 38.9 Å². The Morgan fingerprint density at radius 2 is 1.90 bits per heavy atom. The van der Waals surface area contributed by atoms with Crippen LogP contribution in [0.5, 0.6) is 0 Å². The number of piperazine rings is 1. The van der Waals surface area contributed by atoms with Crippen LogP contribution in [0.2, 0.25) is 0 Å². The maximum Gasteiger partial charge on any atom is 0.238 e. The molecule has 29 heavy (non-hydrogen) atoms. The average molecular weight is 393 g/mol. The number of amides is 1. The van der Waals surface area contributed by atoms with Crippen LogP contribution in [-0.4, -0.2) is 63.3 Å². The van der Waals surface area contributed by atoms with E-state index in [0.717, 1.165) is 54.3 Å². The molecule has 0 spiro atoms. The molecular formula is C21H27N7O. The number of anilines is 2. The van der Waals surface area contributed by atoms with E-state index >= 15 is 0 Å². The maximum atomic E-state index is 12.6. The summed E-state index contributed by atoms with van der Waals surface area (Å²) in [6.45, 7) is 7.92. The van der Waals surface area contributed by atoms with Gasteiger partial charge in [-0.1, -0.05) is 32.0 Å². The van der Waals surface area contributed by atoms with Crippen molar-refractivity contribution in [1.82, 2.24) is 24.6 Å². The van der Waals surface area contributed by atoms with E-state index in [9.17, 15) is 4.79 Å². The molecule has 0 unspecified atom stereocenters. The summed E-state index contributed by atoms with van der Waals surface area (Å²) in [7, 11) is 1.88. The molecule has 1 aliphatic rings. The highest BCUT2D eigenvalue weighted by atomic mass is 16.2. The molecule has 1 amide bonds. The topological polar surface area (TPSA) is 79.2 Å². The van der Waals surface area contributed by atoms with Gasteiger partial charge in [-0.15, -0.1) is 0 Å². The van der Waals surface area contributed by atoms with Crippen LogP contribution in [0.3, 0.4) is 0 Å². The van der Waals surface area contributed by atoms with Gasteiger partial charge in [0.1, 0.15) is 12.1 Å². The van der Waals surface area contributed by atoms with Crippen LogP contribution in [0.15, 0.2) is 36.8 Å². The first-order chi connectivity index (χ1) is 14.0. The minimum atomic E-state index is 0.0308. The molecule has 4 rings (SSSR count). The Hall–Kier alpha value is -3.00. The first-order valence-electron chi connectivity index (χ1n) is 10.0. The molecule has 1 aromatic carbocycles. The summed E-state index contributed by atoms with van der Waals surface area (Å²) in [5, 5.41) is 8.34. The fourth-order valence-corrected chi connectivity index (χ4v) is 3.83. The zero-order chi connectivity index (χ0) is 20.4. The monoisotopic (exact) mass is 393 g/mol. The predicted molar refractivity (Wildman–Crippen MR) is 114 cm³/mol. The van der Waals surface area contributed by atoms with Crippen molar-refractivity contribution in [2.24, 2.45) is 7.05 Å². The molecule has 1 aliphatic heterocycles. The van der Waals surface area contributed by atoms with Gasteiger partial charge in [-0.25, -0.2) is 9.97 Å². The lowest BCUT2D eigenvalue weighted by molar-refractivity contribution is -0.117. The number of para-hydroxylation sites is 1. The first kappa shape index (κ1) is 19.3. The Labute approximate surface area is 170 Å². The lowest BCUT2D eigenvalue weighted by Crippen LogP contribution is -2.49. The van der Waals surface area contributed by atoms with Crippen molar-refractivity contribution >= 4 is 28.4 Å². The molecule has 8 heteroatoms. The number of aromatic nitrogens is 4. The molecule has 0 atom stereocenters. The number of aryl methyl sites for hydroxylation is 1. The Bertz CT molecular complexity index is 1010. The second kappa shape index (κ2) is 8.16. The molecule has 3 aromatic rings. The normalized spacial score (nSPS) is 15.2. The Balaban J connectivity index is 1.36. The highest BCUT2D eigenvalue weighted by Crippen LogP contribution is 2.24. The molecule has 1 saturated heterocycles. The minimum absolute atomic E-state index is 0.0308. The van der Waals surface area contributed by atoms with Crippen molar-refractivity contribution < 1.29 is 4.79 Å². The van der Waals surface area contributed by atoms with Crippen LogP contribution in [-0.2, 0) is 11.8 Å². The SMILES string of the molecule is CC(C)c1ccccc1NC(=O)CN1CCN(c2ncnc3c2cnn3C)CC1. The Morgan fingerprint density at radius 1 is 1.14 bits per heavy atom. The van der Waals surface area contributed by atoms with Gasteiger partial charge < -0.3 is 10.2 Å². The summed E-state index contributed by atoms with van der Waals surface area (Å²) in [4.78, 5) is 25.8. The van der Waals surface area contributed by atoms with E-state index < -0.39 is 0 Å². The number of fused-ring (bicyclic) bond motifs is 1. The standard InChI is InChI=1S/C21H27N7O/c1-15(2)16-6-4-5-7-18(16)25-19(29)13-27-8-10-28(11-9-27)21-17-12-24-26(3)20(17)22-14-23-21/h4-7,12,14-15H,8-11,13H2,1-3H3,(H,25,29). The molecule has 8 nitrogen and oxygen atoms in total. The van der Waals surface area contributed by atoms with Crippen LogP contribution in [0.25, 0.3) is 11.0 Å². The van der Waals surface area contributed by atoms with E-state index in [1.807, 2.05) is 31.4 Å². The Morgan fingerprint density at radius 3 is 2.66 bits per heavy atom. The van der Waals surface area contributed by atoms with Crippen molar-refractivity contribution in [3.63, 3.8) is 0 Å². The fourth-order valence-electron chi connectivity index (χ4n) is 3.83. The summed E-state index contributed by atoms with van der Waals surface area (Å²) in [5.74, 6) is 1.31. The third-order valence-electron chi connectivity index (χ3n) is 5.40. The predicted octanol–water partition coefficient (Wildman–Crippen LogP) is 2.25. The maximum absolute atomic E-state index is 12.6. The van der Waals surface area contributed by atoms with E-state index in [4.69, 9.17) is 0 Å². The van der Waals surface area contributed by atoms with Gasteiger partial charge in [0.25, 0.3) is 0 Å². The first-order valence-corrected chi connectivity index (χ1v) is 10.0. The van der Waals surface area contributed by atoms with Crippen molar-refractivity contribution in [2.45, 2.75) is 19.8 Å². The summed E-state index contributed by atoms with van der Waals surface area (Å²) >= 11 is 0. The number of hydrogen-bond donors (Lipinski definition) is 1. The molecule has 0 radical (unpaired) electrons. The Kier molecular flexibility index (Phi) is 5.44. The van der Waals surface area contributed by atoms with Crippen LogP contribution in [0, 0.1) is 0 Å². The lowest BCUT2D eigenvalue weighted by Gasteiger charge is -2.35. The van der Waals surface area contributed by atoms with E-state index in [1.54, 1.807) is 11.0 Å². The number of benzene rings is 1. The van der Waals surface area contributed by atoms with Gasteiger partial charge in [-0.3, -0.25) is 14.4 Å². The van der Waals surface area contributed by atoms with Gasteiger partial charge >= 0.3 is 0 Å². The molecule has 3 heterocycles. The quantitative estimate of drug-likeness (QED) is 0.716. The number of carbonyl (C=O) groups is 1. The minimum Gasteiger partial charge on any atom is -0.353 e. The van der Waals surface area contributed by atoms with Crippen molar-refractivity contribution in [1.29, 1.82) is 0 Å². The number of carbonyl (C=O) groups excluding carboxylic acids is 1. The molecule has 2 aromatic heterocycles. The highest BCUT2D eigenvalue weighted by molar-refractivity contribution is 5.93. The second-order valence-corrected chi connectivity index (χ2v) is 7.76. The zero-order valence-electron chi connectivity index (χ0n) is 17.2. The van der Waals surface area contributed by atoms with Gasteiger partial charge in [-0.05, 0) is 17.5 Å². The third-order valence-corrected chi connectivity index (χ3v) is 5.40. The molecule has 0 bridgehead atoms. The second-order valence-electron chi connectivity index (χ2n) is 7.76. The summed E-state index contributed by atoms with van der Waals surface area (Å²) in [6.07, 6.45) is 3.40. The summed E-state index contributed by atoms with van der Waals surface area (Å²) in [6, 6.07) is 8.01. The zero-order valence-corrected chi connectivity index (χ0v) is 17.2. The van der Waals surface area contributed by atoms with E-state index in [1.165, 1.54) is 0 Å². The van der Waals surface area contributed by atoms with Gasteiger partial charge in [0.15, 0.2) is 5.65 Å². The summed E-state index contributed by atoms with van der Waals surface area (Å²) < 4.78 is 1.76. The third kappa shape index (κ3) is 4.07. The largest absolute Gasteiger partial charge is 0.353 e. The molecule has 1 N–H and O–H groups in total. The number of rotatable bonds is 5. The van der Waals surface area contributed by atoms with E-state index in [0.29, 0.717) is 12.5 Å². The summed E-state index contributed by atoms with van der Waals surface area (Å²) in [5.41, 5.74) is 2.90. The van der Waals surface area contributed by atoms with E-state index in [2.05, 4.69) is 50.1 Å². The van der Waals surface area contributed by atoms with Gasteiger partial charge in [0.2, 0.25) is 5.91 Å². The van der Waals surface area contributed by atoms with Crippen LogP contribution in [0.4, 0.5) is 11.5 Å². The van der Waals surface area contributed by atoms with Crippen LogP contribution < -0.4 is 10.2 Å².